The van der Waals surface area contributed by atoms with Crippen molar-refractivity contribution in [2.24, 2.45) is 0 Å². The van der Waals surface area contributed by atoms with Gasteiger partial charge in [-0.25, -0.2) is 9.97 Å². The van der Waals surface area contributed by atoms with Gasteiger partial charge >= 0.3 is 0 Å². The zero-order chi connectivity index (χ0) is 18.1. The van der Waals surface area contributed by atoms with Gasteiger partial charge in [-0.3, -0.25) is 4.98 Å². The predicted octanol–water partition coefficient (Wildman–Crippen LogP) is 2.42. The minimum atomic E-state index is -0.260. The highest BCUT2D eigenvalue weighted by Gasteiger charge is 2.28. The van der Waals surface area contributed by atoms with Crippen molar-refractivity contribution in [2.75, 3.05) is 24.6 Å². The zero-order valence-electron chi connectivity index (χ0n) is 15.0. The molecular weight excluding hydrogens is 332 g/mol. The molecule has 0 radical (unpaired) electrons. The lowest BCUT2D eigenvalue weighted by molar-refractivity contribution is 0.0214. The number of rotatable bonds is 3. The maximum Gasteiger partial charge on any atom is 0.246 e. The van der Waals surface area contributed by atoms with Crippen LogP contribution in [0.15, 0.2) is 28.9 Å². The van der Waals surface area contributed by atoms with Crippen molar-refractivity contribution in [3.8, 4) is 11.4 Å². The fourth-order valence-electron chi connectivity index (χ4n) is 2.98. The molecule has 4 heterocycles. The van der Waals surface area contributed by atoms with Crippen LogP contribution in [0.4, 0.5) is 5.82 Å². The molecule has 0 aliphatic carbocycles. The van der Waals surface area contributed by atoms with E-state index in [4.69, 9.17) is 14.1 Å². The van der Waals surface area contributed by atoms with E-state index < -0.39 is 0 Å². The van der Waals surface area contributed by atoms with Crippen molar-refractivity contribution in [1.29, 1.82) is 0 Å². The highest BCUT2D eigenvalue weighted by Crippen LogP contribution is 2.29. The summed E-state index contributed by atoms with van der Waals surface area (Å²) in [5.41, 5.74) is 2.96. The summed E-state index contributed by atoms with van der Waals surface area (Å²) in [6.45, 7) is 7.74. The van der Waals surface area contributed by atoms with E-state index in [0.717, 1.165) is 29.2 Å². The third-order valence-corrected chi connectivity index (χ3v) is 4.49. The summed E-state index contributed by atoms with van der Waals surface area (Å²) < 4.78 is 11.4. The van der Waals surface area contributed by atoms with Crippen molar-refractivity contribution >= 4 is 5.82 Å². The van der Waals surface area contributed by atoms with Gasteiger partial charge in [0, 0.05) is 42.7 Å². The predicted molar refractivity (Wildman–Crippen MR) is 94.7 cm³/mol. The number of nitrogens with zero attached hydrogens (tertiary/aromatic N) is 6. The third kappa shape index (κ3) is 3.15. The van der Waals surface area contributed by atoms with E-state index in [9.17, 15) is 0 Å². The van der Waals surface area contributed by atoms with Crippen molar-refractivity contribution in [1.82, 2.24) is 25.1 Å². The molecule has 1 saturated heterocycles. The Morgan fingerprint density at radius 3 is 2.62 bits per heavy atom. The molecule has 0 N–H and O–H groups in total. The van der Waals surface area contributed by atoms with Crippen LogP contribution in [-0.2, 0) is 4.74 Å². The van der Waals surface area contributed by atoms with Crippen LogP contribution in [-0.4, -0.2) is 44.8 Å². The minimum Gasteiger partial charge on any atom is -0.423 e. The molecule has 0 amide bonds. The maximum absolute atomic E-state index is 5.82. The summed E-state index contributed by atoms with van der Waals surface area (Å²) in [6, 6.07) is 3.83. The van der Waals surface area contributed by atoms with Crippen LogP contribution in [0.25, 0.3) is 11.4 Å². The molecule has 1 unspecified atom stereocenters. The summed E-state index contributed by atoms with van der Waals surface area (Å²) >= 11 is 0. The average molecular weight is 352 g/mol. The molecule has 4 rings (SSSR count). The van der Waals surface area contributed by atoms with Gasteiger partial charge < -0.3 is 14.1 Å². The van der Waals surface area contributed by atoms with E-state index in [1.54, 1.807) is 19.3 Å². The average Bonchev–Trinajstić information content (AvgIpc) is 3.11. The topological polar surface area (TPSA) is 90.1 Å². The molecular formula is C18H20N6O2. The minimum absolute atomic E-state index is 0.260. The van der Waals surface area contributed by atoms with Crippen molar-refractivity contribution in [2.45, 2.75) is 26.9 Å². The lowest BCUT2D eigenvalue weighted by atomic mass is 10.1. The van der Waals surface area contributed by atoms with Gasteiger partial charge in [-0.05, 0) is 26.0 Å². The molecule has 26 heavy (non-hydrogen) atoms. The number of hydrogen-bond acceptors (Lipinski definition) is 8. The van der Waals surface area contributed by atoms with E-state index in [-0.39, 0.29) is 6.10 Å². The van der Waals surface area contributed by atoms with Crippen LogP contribution in [0.2, 0.25) is 0 Å². The Labute approximate surface area is 151 Å². The standard InChI is InChI=1S/C18H20N6O2/c1-11-12(2)20-16(14-4-6-19-7-5-14)21-17(11)24-8-9-25-15(10-24)18-23-22-13(3)26-18/h4-7,15H,8-10H2,1-3H3. The summed E-state index contributed by atoms with van der Waals surface area (Å²) in [5, 5.41) is 7.99. The summed E-state index contributed by atoms with van der Waals surface area (Å²) in [4.78, 5) is 15.7. The molecule has 1 aliphatic rings. The van der Waals surface area contributed by atoms with Crippen molar-refractivity contribution in [3.63, 3.8) is 0 Å². The first-order chi connectivity index (χ1) is 12.6. The molecule has 1 aliphatic heterocycles. The lowest BCUT2D eigenvalue weighted by Crippen LogP contribution is -2.39. The van der Waals surface area contributed by atoms with Crippen molar-refractivity contribution < 1.29 is 9.15 Å². The van der Waals surface area contributed by atoms with Gasteiger partial charge in [0.05, 0.1) is 13.2 Å². The van der Waals surface area contributed by atoms with Gasteiger partial charge in [0.25, 0.3) is 0 Å². The quantitative estimate of drug-likeness (QED) is 0.710. The van der Waals surface area contributed by atoms with Gasteiger partial charge in [-0.15, -0.1) is 10.2 Å². The van der Waals surface area contributed by atoms with Gasteiger partial charge in [-0.2, -0.15) is 0 Å². The van der Waals surface area contributed by atoms with Gasteiger partial charge in [0.15, 0.2) is 11.9 Å². The Balaban J connectivity index is 1.67. The number of anilines is 1. The number of ether oxygens (including phenoxy) is 1. The number of pyridine rings is 1. The Morgan fingerprint density at radius 1 is 1.08 bits per heavy atom. The molecule has 134 valence electrons. The normalized spacial score (nSPS) is 17.5. The van der Waals surface area contributed by atoms with E-state index >= 15 is 0 Å². The Kier molecular flexibility index (Phi) is 4.34. The first-order valence-electron chi connectivity index (χ1n) is 8.54. The molecule has 0 bridgehead atoms. The number of morpholine rings is 1. The van der Waals surface area contributed by atoms with Gasteiger partial charge in [0.1, 0.15) is 5.82 Å². The fraction of sp³-hybridized carbons (Fsp3) is 0.389. The first-order valence-corrected chi connectivity index (χ1v) is 8.54. The molecule has 3 aromatic heterocycles. The first kappa shape index (κ1) is 16.6. The second-order valence-electron chi connectivity index (χ2n) is 6.28. The van der Waals surface area contributed by atoms with E-state index in [2.05, 4.69) is 25.1 Å². The Bertz CT molecular complexity index is 911. The highest BCUT2D eigenvalue weighted by molar-refractivity contribution is 5.60. The van der Waals surface area contributed by atoms with Gasteiger partial charge in [0.2, 0.25) is 11.8 Å². The van der Waals surface area contributed by atoms with Crippen LogP contribution in [0, 0.1) is 20.8 Å². The molecule has 0 spiro atoms. The number of aryl methyl sites for hydroxylation is 2. The van der Waals surface area contributed by atoms with Gasteiger partial charge in [-0.1, -0.05) is 0 Å². The smallest absolute Gasteiger partial charge is 0.246 e. The SMILES string of the molecule is Cc1nnc(C2CN(c3nc(-c4ccncc4)nc(C)c3C)CCO2)o1. The number of aromatic nitrogens is 5. The molecule has 8 nitrogen and oxygen atoms in total. The Hall–Kier alpha value is -2.87. The van der Waals surface area contributed by atoms with E-state index in [0.29, 0.717) is 30.8 Å². The molecule has 0 aromatic carbocycles. The summed E-state index contributed by atoms with van der Waals surface area (Å²) in [6.07, 6.45) is 3.23. The summed E-state index contributed by atoms with van der Waals surface area (Å²) in [7, 11) is 0. The summed E-state index contributed by atoms with van der Waals surface area (Å²) in [5.74, 6) is 2.65. The van der Waals surface area contributed by atoms with Crippen LogP contribution >= 0.6 is 0 Å². The second-order valence-corrected chi connectivity index (χ2v) is 6.28. The highest BCUT2D eigenvalue weighted by atomic mass is 16.5. The third-order valence-electron chi connectivity index (χ3n) is 4.49. The molecule has 0 saturated carbocycles. The monoisotopic (exact) mass is 352 g/mol. The van der Waals surface area contributed by atoms with Crippen LogP contribution < -0.4 is 4.90 Å². The second kappa shape index (κ2) is 6.80. The zero-order valence-corrected chi connectivity index (χ0v) is 15.0. The van der Waals surface area contributed by atoms with Crippen molar-refractivity contribution in [3.05, 3.63) is 47.6 Å². The van der Waals surface area contributed by atoms with E-state index in [1.165, 1.54) is 0 Å². The van der Waals surface area contributed by atoms with Crippen LogP contribution in [0.5, 0.6) is 0 Å². The molecule has 3 aromatic rings. The maximum atomic E-state index is 5.82. The molecule has 8 heteroatoms. The molecule has 1 fully saturated rings. The van der Waals surface area contributed by atoms with Crippen LogP contribution in [0.3, 0.4) is 0 Å². The largest absolute Gasteiger partial charge is 0.423 e. The lowest BCUT2D eigenvalue weighted by Gasteiger charge is -2.33. The fourth-order valence-corrected chi connectivity index (χ4v) is 2.98. The van der Waals surface area contributed by atoms with E-state index in [1.807, 2.05) is 26.0 Å². The van der Waals surface area contributed by atoms with Crippen LogP contribution in [0.1, 0.15) is 29.1 Å². The Morgan fingerprint density at radius 2 is 1.88 bits per heavy atom. The molecule has 1 atom stereocenters. The number of hydrogen-bond donors (Lipinski definition) is 0.